The van der Waals surface area contributed by atoms with Crippen LogP contribution in [0.2, 0.25) is 5.02 Å². The van der Waals surface area contributed by atoms with Crippen molar-refractivity contribution in [3.8, 4) is 11.3 Å². The molecular weight excluding hydrogens is 524 g/mol. The predicted octanol–water partition coefficient (Wildman–Crippen LogP) is 5.69. The van der Waals surface area contributed by atoms with Crippen LogP contribution in [0.25, 0.3) is 11.3 Å². The van der Waals surface area contributed by atoms with Crippen LogP contribution in [0.3, 0.4) is 0 Å². The molecule has 4 aromatic rings. The number of para-hydroxylation sites is 1. The van der Waals surface area contributed by atoms with E-state index in [1.807, 2.05) is 59.5 Å². The van der Waals surface area contributed by atoms with E-state index in [0.29, 0.717) is 33.8 Å². The molecule has 3 heterocycles. The number of furan rings is 1. The van der Waals surface area contributed by atoms with Crippen LogP contribution >= 0.6 is 23.8 Å². The van der Waals surface area contributed by atoms with E-state index < -0.39 is 12.0 Å². The Morgan fingerprint density at radius 1 is 1.08 bits per heavy atom. The maximum atomic E-state index is 12.7. The minimum Gasteiger partial charge on any atom is -0.478 e. The molecule has 3 N–H and O–H groups in total. The number of nitrogens with zero attached hydrogens (tertiary/aromatic N) is 2. The first-order valence-corrected chi connectivity index (χ1v) is 12.7. The Labute approximate surface area is 229 Å². The lowest BCUT2D eigenvalue weighted by Gasteiger charge is -2.25. The van der Waals surface area contributed by atoms with E-state index >= 15 is 0 Å². The quantitative estimate of drug-likeness (QED) is 0.242. The molecule has 0 spiro atoms. The summed E-state index contributed by atoms with van der Waals surface area (Å²) >= 11 is 12.1. The normalized spacial score (nSPS) is 16.8. The van der Waals surface area contributed by atoms with Gasteiger partial charge in [-0.2, -0.15) is 0 Å². The third-order valence-electron chi connectivity index (χ3n) is 6.23. The van der Waals surface area contributed by atoms with Crippen molar-refractivity contribution in [1.82, 2.24) is 15.2 Å². The summed E-state index contributed by atoms with van der Waals surface area (Å²) in [5.74, 6) is -0.206. The van der Waals surface area contributed by atoms with E-state index in [9.17, 15) is 14.7 Å². The van der Waals surface area contributed by atoms with E-state index in [0.717, 1.165) is 11.4 Å². The highest BCUT2D eigenvalue weighted by Gasteiger charge is 2.41. The average molecular weight is 547 g/mol. The van der Waals surface area contributed by atoms with Gasteiger partial charge in [-0.3, -0.25) is 9.78 Å². The third kappa shape index (κ3) is 5.39. The number of hydrogen-bond acceptors (Lipinski definition) is 5. The first-order chi connectivity index (χ1) is 18.4. The van der Waals surface area contributed by atoms with E-state index in [1.165, 1.54) is 18.2 Å². The molecule has 8 nitrogen and oxygen atoms in total. The zero-order valence-corrected chi connectivity index (χ0v) is 21.6. The summed E-state index contributed by atoms with van der Waals surface area (Å²) in [5, 5.41) is 16.5. The predicted molar refractivity (Wildman–Crippen MR) is 148 cm³/mol. The minimum absolute atomic E-state index is 0.100. The van der Waals surface area contributed by atoms with Gasteiger partial charge in [0, 0.05) is 30.4 Å². The van der Waals surface area contributed by atoms with Crippen LogP contribution in [-0.2, 0) is 4.79 Å². The highest BCUT2D eigenvalue weighted by molar-refractivity contribution is 7.80. The van der Waals surface area contributed by atoms with Gasteiger partial charge in [0.05, 0.1) is 22.3 Å². The molecular formula is C28H23ClN4O4S. The van der Waals surface area contributed by atoms with Crippen molar-refractivity contribution in [1.29, 1.82) is 0 Å². The van der Waals surface area contributed by atoms with Gasteiger partial charge >= 0.3 is 5.97 Å². The summed E-state index contributed by atoms with van der Waals surface area (Å²) in [6.45, 7) is 0.337. The molecule has 1 fully saturated rings. The Hall–Kier alpha value is -4.21. The molecule has 1 aliphatic rings. The van der Waals surface area contributed by atoms with Crippen LogP contribution in [0.1, 0.15) is 40.3 Å². The standard InChI is InChI=1S/C28H23ClN4O4S/c29-20-10-9-17(27(35)36)16-19(20)22-11-12-23(37-22)26-25(21-8-4-5-14-30-21)32-28(38)33(26)15-13-24(34)31-18-6-2-1-3-7-18/h1-12,14,16,25-26H,13,15H2,(H,31,34)(H,32,38)(H,35,36). The van der Waals surface area contributed by atoms with Crippen molar-refractivity contribution in [2.45, 2.75) is 18.5 Å². The van der Waals surface area contributed by atoms with Crippen molar-refractivity contribution in [2.24, 2.45) is 0 Å². The second kappa shape index (κ2) is 11.0. The van der Waals surface area contributed by atoms with E-state index in [2.05, 4.69) is 15.6 Å². The lowest BCUT2D eigenvalue weighted by atomic mass is 10.0. The Morgan fingerprint density at radius 2 is 1.87 bits per heavy atom. The number of carboxylic acids is 1. The summed E-state index contributed by atoms with van der Waals surface area (Å²) in [4.78, 5) is 30.6. The molecule has 1 aliphatic heterocycles. The molecule has 1 amide bonds. The molecule has 0 aliphatic carbocycles. The highest BCUT2D eigenvalue weighted by atomic mass is 35.5. The van der Waals surface area contributed by atoms with Crippen molar-refractivity contribution in [3.63, 3.8) is 0 Å². The zero-order chi connectivity index (χ0) is 26.6. The molecule has 10 heteroatoms. The fourth-order valence-corrected chi connectivity index (χ4v) is 4.97. The molecule has 5 rings (SSSR count). The molecule has 2 aromatic heterocycles. The Kier molecular flexibility index (Phi) is 7.39. The first-order valence-electron chi connectivity index (χ1n) is 11.9. The number of carbonyl (C=O) groups is 2. The summed E-state index contributed by atoms with van der Waals surface area (Å²) in [7, 11) is 0. The highest BCUT2D eigenvalue weighted by Crippen LogP contribution is 2.41. The smallest absolute Gasteiger partial charge is 0.335 e. The maximum Gasteiger partial charge on any atom is 0.335 e. The molecule has 0 bridgehead atoms. The number of halogens is 1. The van der Waals surface area contributed by atoms with Crippen molar-refractivity contribution in [2.75, 3.05) is 11.9 Å². The number of hydrogen-bond donors (Lipinski definition) is 3. The van der Waals surface area contributed by atoms with Crippen molar-refractivity contribution >= 4 is 46.5 Å². The minimum atomic E-state index is -1.06. The lowest BCUT2D eigenvalue weighted by Crippen LogP contribution is -2.32. The van der Waals surface area contributed by atoms with Crippen LogP contribution in [0, 0.1) is 0 Å². The Bertz CT molecular complexity index is 1480. The lowest BCUT2D eigenvalue weighted by molar-refractivity contribution is -0.116. The Morgan fingerprint density at radius 3 is 2.61 bits per heavy atom. The van der Waals surface area contributed by atoms with Gasteiger partial charge in [-0.1, -0.05) is 35.9 Å². The van der Waals surface area contributed by atoms with Gasteiger partial charge < -0.3 is 25.1 Å². The van der Waals surface area contributed by atoms with Crippen molar-refractivity contribution in [3.05, 3.63) is 107 Å². The molecule has 1 saturated heterocycles. The van der Waals surface area contributed by atoms with Gasteiger partial charge in [0.15, 0.2) is 5.11 Å². The van der Waals surface area contributed by atoms with Crippen LogP contribution in [0.5, 0.6) is 0 Å². The SMILES string of the molecule is O=C(CCN1C(=S)NC(c2ccccn2)C1c1ccc(-c2cc(C(=O)O)ccc2Cl)o1)Nc1ccccc1. The summed E-state index contributed by atoms with van der Waals surface area (Å²) in [6, 6.07) is 22.2. The topological polar surface area (TPSA) is 108 Å². The number of pyridine rings is 1. The summed E-state index contributed by atoms with van der Waals surface area (Å²) in [6.07, 6.45) is 1.90. The van der Waals surface area contributed by atoms with Gasteiger partial charge in [0.1, 0.15) is 17.6 Å². The summed E-state index contributed by atoms with van der Waals surface area (Å²) < 4.78 is 6.25. The van der Waals surface area contributed by atoms with Crippen molar-refractivity contribution < 1.29 is 19.1 Å². The zero-order valence-electron chi connectivity index (χ0n) is 20.0. The third-order valence-corrected chi connectivity index (χ3v) is 6.91. The largest absolute Gasteiger partial charge is 0.478 e. The second-order valence-corrected chi connectivity index (χ2v) is 9.48. The van der Waals surface area contributed by atoms with Gasteiger partial charge in [-0.25, -0.2) is 4.79 Å². The maximum absolute atomic E-state index is 12.7. The number of amides is 1. The molecule has 0 saturated carbocycles. The number of carbonyl (C=O) groups excluding carboxylic acids is 1. The number of nitrogens with one attached hydrogen (secondary N) is 2. The van der Waals surface area contributed by atoms with E-state index in [-0.39, 0.29) is 23.9 Å². The van der Waals surface area contributed by atoms with Crippen LogP contribution < -0.4 is 10.6 Å². The first kappa shape index (κ1) is 25.4. The fraction of sp³-hybridized carbons (Fsp3) is 0.143. The van der Waals surface area contributed by atoms with E-state index in [1.54, 1.807) is 12.3 Å². The number of carboxylic acid groups (broad SMARTS) is 1. The monoisotopic (exact) mass is 546 g/mol. The summed E-state index contributed by atoms with van der Waals surface area (Å²) in [5.41, 5.74) is 2.05. The molecule has 38 heavy (non-hydrogen) atoms. The number of benzene rings is 2. The molecule has 0 radical (unpaired) electrons. The van der Waals surface area contributed by atoms with Crippen LogP contribution in [0.4, 0.5) is 5.69 Å². The Balaban J connectivity index is 1.44. The van der Waals surface area contributed by atoms with Gasteiger partial charge in [-0.05, 0) is 66.8 Å². The van der Waals surface area contributed by atoms with Crippen LogP contribution in [-0.4, -0.2) is 38.5 Å². The average Bonchev–Trinajstić information content (AvgIpc) is 3.53. The number of rotatable bonds is 8. The molecule has 2 unspecified atom stereocenters. The fourth-order valence-electron chi connectivity index (χ4n) is 4.43. The molecule has 2 atom stereocenters. The van der Waals surface area contributed by atoms with Gasteiger partial charge in [0.2, 0.25) is 5.91 Å². The number of aromatic nitrogens is 1. The number of aromatic carboxylic acids is 1. The van der Waals surface area contributed by atoms with Gasteiger partial charge in [0.25, 0.3) is 0 Å². The second-order valence-electron chi connectivity index (χ2n) is 8.69. The molecule has 2 aromatic carbocycles. The molecule has 192 valence electrons. The van der Waals surface area contributed by atoms with Gasteiger partial charge in [-0.15, -0.1) is 0 Å². The van der Waals surface area contributed by atoms with E-state index in [4.69, 9.17) is 28.2 Å². The van der Waals surface area contributed by atoms with Crippen LogP contribution in [0.15, 0.2) is 89.5 Å². The number of thiocarbonyl (C=S) groups is 1. The number of anilines is 1.